The summed E-state index contributed by atoms with van der Waals surface area (Å²) in [5.41, 5.74) is -5.79. The smallest absolute Gasteiger partial charge is 0.425 e. The molecule has 0 rings (SSSR count). The lowest BCUT2D eigenvalue weighted by Gasteiger charge is -2.29. The van der Waals surface area contributed by atoms with Gasteiger partial charge in [0, 0.05) is 6.92 Å². The predicted octanol–water partition coefficient (Wildman–Crippen LogP) is 9.28. The van der Waals surface area contributed by atoms with Crippen molar-refractivity contribution in [3.8, 4) is 0 Å². The van der Waals surface area contributed by atoms with Crippen molar-refractivity contribution in [2.75, 3.05) is 19.8 Å². The summed E-state index contributed by atoms with van der Waals surface area (Å²) < 4.78 is 151. The minimum atomic E-state index is -5.08. The molecule has 0 radical (unpaired) electrons. The fraction of sp³-hybridized carbons (Fsp3) is 0.842. The molecule has 22 heteroatoms. The average molecular weight is 899 g/mol. The van der Waals surface area contributed by atoms with E-state index in [0.717, 1.165) is 0 Å². The minimum Gasteiger partial charge on any atom is -0.457 e. The summed E-state index contributed by atoms with van der Waals surface area (Å²) >= 11 is 0. The molecular weight excluding hydrogens is 838 g/mol. The third kappa shape index (κ3) is 25.0. The SMILES string of the molecule is CCC(C)(C)C(=O)OC(C)(C)C(=O)OC(C)C(F)(F)F.CCC(C)(C)C(=O)OC(C)(C)C(=O)OCC(C)(F)F.CCC(C)(C)C(=O)OCC(=O)OCC(F)(F)CC(F)(F)F. The van der Waals surface area contributed by atoms with Gasteiger partial charge in [0.15, 0.2) is 25.9 Å². The van der Waals surface area contributed by atoms with Gasteiger partial charge in [0.25, 0.3) is 11.8 Å². The Morgan fingerprint density at radius 1 is 0.483 bits per heavy atom. The van der Waals surface area contributed by atoms with E-state index in [1.165, 1.54) is 27.7 Å². The molecule has 1 atom stereocenters. The summed E-state index contributed by atoms with van der Waals surface area (Å²) in [6, 6.07) is 0. The van der Waals surface area contributed by atoms with Crippen LogP contribution in [0.2, 0.25) is 0 Å². The maximum absolute atomic E-state index is 12.8. The maximum Gasteiger partial charge on any atom is 0.425 e. The summed E-state index contributed by atoms with van der Waals surface area (Å²) in [6.07, 6.45) is -13.0. The first-order chi connectivity index (χ1) is 26.3. The number of rotatable bonds is 18. The number of carbonyl (C=O) groups is 6. The highest BCUT2D eigenvalue weighted by molar-refractivity contribution is 5.85. The fourth-order valence-corrected chi connectivity index (χ4v) is 2.88. The van der Waals surface area contributed by atoms with E-state index in [0.29, 0.717) is 33.1 Å². The standard InChI is InChI=1S/C13H21F3O4.C13H22F2O4.C12H17F5O4/c1-7-11(3,4)9(17)20-12(5,6)10(18)19-8(2)13(14,15)16;1-7-11(2,3)9(16)19-12(4,5)10(17)18-8-13(6,14)15;1-4-10(2,3)9(19)20-5-8(18)21-7-11(13,14)6-12(15,16)17/h8H,7H2,1-6H3;7-8H2,1-6H3;4-7H2,1-3H3. The maximum atomic E-state index is 12.8. The molecule has 354 valence electrons. The van der Waals surface area contributed by atoms with Crippen LogP contribution >= 0.6 is 0 Å². The van der Waals surface area contributed by atoms with Crippen molar-refractivity contribution < 1.29 is 101 Å². The Hall–Kier alpha value is -3.88. The Bertz CT molecular complexity index is 1430. The quantitative estimate of drug-likeness (QED) is 0.0731. The van der Waals surface area contributed by atoms with Crippen LogP contribution in [0.5, 0.6) is 0 Å². The molecule has 0 N–H and O–H groups in total. The van der Waals surface area contributed by atoms with Crippen molar-refractivity contribution >= 4 is 35.8 Å². The molecular formula is C38H60F10O12. The zero-order valence-corrected chi connectivity index (χ0v) is 36.7. The predicted molar refractivity (Wildman–Crippen MR) is 193 cm³/mol. The molecule has 0 bridgehead atoms. The average Bonchev–Trinajstić information content (AvgIpc) is 3.06. The first-order valence-electron chi connectivity index (χ1n) is 18.4. The van der Waals surface area contributed by atoms with Crippen molar-refractivity contribution in [2.24, 2.45) is 16.2 Å². The summed E-state index contributed by atoms with van der Waals surface area (Å²) in [5, 5.41) is 0. The molecule has 60 heavy (non-hydrogen) atoms. The van der Waals surface area contributed by atoms with Crippen LogP contribution in [0.25, 0.3) is 0 Å². The molecule has 0 saturated carbocycles. The Morgan fingerprint density at radius 3 is 1.18 bits per heavy atom. The number of ether oxygens (including phenoxy) is 6. The van der Waals surface area contributed by atoms with Crippen LogP contribution in [0.15, 0.2) is 0 Å². The zero-order chi connectivity index (χ0) is 48.7. The van der Waals surface area contributed by atoms with E-state index in [2.05, 4.69) is 18.9 Å². The lowest BCUT2D eigenvalue weighted by atomic mass is 9.90. The molecule has 0 aromatic rings. The summed E-state index contributed by atoms with van der Waals surface area (Å²) in [6.45, 7) is 17.7. The molecule has 0 saturated heterocycles. The largest absolute Gasteiger partial charge is 0.457 e. The van der Waals surface area contributed by atoms with Gasteiger partial charge in [0.1, 0.15) is 6.42 Å². The van der Waals surface area contributed by atoms with Gasteiger partial charge in [0.2, 0.25) is 11.2 Å². The second-order valence-corrected chi connectivity index (χ2v) is 16.6. The minimum absolute atomic E-state index is 0.421. The van der Waals surface area contributed by atoms with Crippen molar-refractivity contribution in [1.82, 2.24) is 0 Å². The topological polar surface area (TPSA) is 158 Å². The van der Waals surface area contributed by atoms with Crippen LogP contribution in [0.1, 0.15) is 130 Å². The Labute approximate surface area is 344 Å². The van der Waals surface area contributed by atoms with E-state index in [1.54, 1.807) is 55.4 Å². The molecule has 0 aliphatic heterocycles. The first-order valence-corrected chi connectivity index (χ1v) is 18.4. The molecule has 0 aromatic carbocycles. The van der Waals surface area contributed by atoms with Crippen molar-refractivity contribution in [3.63, 3.8) is 0 Å². The van der Waals surface area contributed by atoms with Gasteiger partial charge in [0.05, 0.1) is 16.2 Å². The van der Waals surface area contributed by atoms with Crippen molar-refractivity contribution in [3.05, 3.63) is 0 Å². The Morgan fingerprint density at radius 2 is 0.850 bits per heavy atom. The highest BCUT2D eigenvalue weighted by Gasteiger charge is 2.46. The molecule has 0 heterocycles. The highest BCUT2D eigenvalue weighted by Crippen LogP contribution is 2.32. The molecule has 0 aliphatic rings. The third-order valence-corrected chi connectivity index (χ3v) is 8.41. The van der Waals surface area contributed by atoms with Crippen LogP contribution in [0.3, 0.4) is 0 Å². The van der Waals surface area contributed by atoms with Gasteiger partial charge < -0.3 is 28.4 Å². The summed E-state index contributed by atoms with van der Waals surface area (Å²) in [7, 11) is 0. The monoisotopic (exact) mass is 898 g/mol. The van der Waals surface area contributed by atoms with Gasteiger partial charge in [-0.25, -0.2) is 31.9 Å². The lowest BCUT2D eigenvalue weighted by molar-refractivity contribution is -0.227. The van der Waals surface area contributed by atoms with E-state index in [-0.39, 0.29) is 0 Å². The van der Waals surface area contributed by atoms with Gasteiger partial charge in [-0.2, -0.15) is 26.3 Å². The molecule has 12 nitrogen and oxygen atoms in total. The van der Waals surface area contributed by atoms with Gasteiger partial charge in [-0.15, -0.1) is 0 Å². The number of esters is 6. The molecule has 1 unspecified atom stereocenters. The van der Waals surface area contributed by atoms with Gasteiger partial charge >= 0.3 is 48.2 Å². The molecule has 0 amide bonds. The fourth-order valence-electron chi connectivity index (χ4n) is 2.88. The third-order valence-electron chi connectivity index (χ3n) is 8.41. The van der Waals surface area contributed by atoms with Crippen molar-refractivity contribution in [2.45, 2.75) is 171 Å². The van der Waals surface area contributed by atoms with E-state index in [1.807, 2.05) is 6.92 Å². The normalized spacial score (nSPS) is 13.6. The molecule has 0 aromatic heterocycles. The van der Waals surface area contributed by atoms with E-state index >= 15 is 0 Å². The Kier molecular flexibility index (Phi) is 23.0. The van der Waals surface area contributed by atoms with Crippen LogP contribution < -0.4 is 0 Å². The highest BCUT2D eigenvalue weighted by atomic mass is 19.4. The van der Waals surface area contributed by atoms with E-state index < -0.39 is 120 Å². The van der Waals surface area contributed by atoms with Crippen LogP contribution in [-0.2, 0) is 57.2 Å². The number of hydrogen-bond donors (Lipinski definition) is 0. The van der Waals surface area contributed by atoms with Crippen LogP contribution in [0.4, 0.5) is 43.9 Å². The van der Waals surface area contributed by atoms with Crippen LogP contribution in [0, 0.1) is 16.2 Å². The lowest BCUT2D eigenvalue weighted by Crippen LogP contribution is -2.45. The molecule has 0 spiro atoms. The van der Waals surface area contributed by atoms with Gasteiger partial charge in [-0.1, -0.05) is 20.8 Å². The second-order valence-electron chi connectivity index (χ2n) is 16.6. The number of carbonyl (C=O) groups excluding carboxylic acids is 6. The van der Waals surface area contributed by atoms with E-state index in [4.69, 9.17) is 9.47 Å². The van der Waals surface area contributed by atoms with Gasteiger partial charge in [-0.05, 0) is 95.4 Å². The zero-order valence-electron chi connectivity index (χ0n) is 36.7. The molecule has 0 fully saturated rings. The van der Waals surface area contributed by atoms with Crippen molar-refractivity contribution in [1.29, 1.82) is 0 Å². The second kappa shape index (κ2) is 22.8. The van der Waals surface area contributed by atoms with E-state index in [9.17, 15) is 72.7 Å². The number of halogens is 10. The summed E-state index contributed by atoms with van der Waals surface area (Å²) in [5.74, 6) is -12.9. The summed E-state index contributed by atoms with van der Waals surface area (Å²) in [4.78, 5) is 69.5. The van der Waals surface area contributed by atoms with Crippen LogP contribution in [-0.4, -0.2) is 97.1 Å². The molecule has 0 aliphatic carbocycles. The number of hydrogen-bond acceptors (Lipinski definition) is 12. The Balaban J connectivity index is -0.000000813. The van der Waals surface area contributed by atoms with Gasteiger partial charge in [-0.3, -0.25) is 14.4 Å². The first kappa shape index (κ1) is 60.4. The number of alkyl halides is 10.